The molecule has 3 aromatic rings. The second-order valence-corrected chi connectivity index (χ2v) is 9.05. The molecule has 3 N–H and O–H groups in total. The van der Waals surface area contributed by atoms with Gasteiger partial charge in [0.25, 0.3) is 0 Å². The van der Waals surface area contributed by atoms with E-state index in [1.165, 1.54) is 16.7 Å². The Morgan fingerprint density at radius 2 is 1.74 bits per heavy atom. The maximum atomic E-state index is 12.4. The van der Waals surface area contributed by atoms with Crippen molar-refractivity contribution < 1.29 is 24.2 Å². The first-order valence-corrected chi connectivity index (χ1v) is 11.9. The number of nitrogens with zero attached hydrogens (tertiary/aromatic N) is 1. The summed E-state index contributed by atoms with van der Waals surface area (Å²) in [5, 5.41) is 16.5. The van der Waals surface area contributed by atoms with Crippen molar-refractivity contribution in [3.8, 4) is 11.1 Å². The predicted molar refractivity (Wildman–Crippen MR) is 128 cm³/mol. The van der Waals surface area contributed by atoms with Gasteiger partial charge in [-0.2, -0.15) is 0 Å². The highest BCUT2D eigenvalue weighted by molar-refractivity contribution is 7.09. The molecule has 4 rings (SSSR count). The second-order valence-electron chi connectivity index (χ2n) is 8.11. The van der Waals surface area contributed by atoms with Crippen LogP contribution in [0.5, 0.6) is 0 Å². The normalized spacial score (nSPS) is 13.0. The highest BCUT2D eigenvalue weighted by atomic mass is 32.1. The molecule has 176 valence electrons. The van der Waals surface area contributed by atoms with E-state index in [1.54, 1.807) is 6.92 Å². The summed E-state index contributed by atoms with van der Waals surface area (Å²) in [6, 6.07) is 15.8. The topological polar surface area (TPSA) is 118 Å². The predicted octanol–water partition coefficient (Wildman–Crippen LogP) is 3.82. The number of alkyl carbamates (subject to hydrolysis) is 1. The Morgan fingerprint density at radius 1 is 1.09 bits per heavy atom. The van der Waals surface area contributed by atoms with Crippen LogP contribution in [0.1, 0.15) is 45.9 Å². The Labute approximate surface area is 201 Å². The number of carboxylic acid groups (broad SMARTS) is 1. The molecule has 2 aromatic carbocycles. The third-order valence-corrected chi connectivity index (χ3v) is 6.54. The SMILES string of the molecule is C[C@H](CC(=O)NCCc1nc(C(=O)O)cs1)NC(=O)OCC1c2ccccc2-c2ccccc21. The molecule has 8 nitrogen and oxygen atoms in total. The fraction of sp³-hybridized carbons (Fsp3) is 0.280. The molecule has 0 saturated heterocycles. The van der Waals surface area contributed by atoms with E-state index >= 15 is 0 Å². The average Bonchev–Trinajstić information content (AvgIpc) is 3.41. The standard InChI is InChI=1S/C25H25N3O5S/c1-15(12-22(29)26-11-10-23-28-21(14-34-23)24(30)31)27-25(32)33-13-20-18-8-4-2-6-16(18)17-7-3-5-9-19(17)20/h2-9,14-15,20H,10-13H2,1H3,(H,26,29)(H,27,32)(H,30,31)/t15-/m1/s1. The molecule has 1 heterocycles. The molecular weight excluding hydrogens is 454 g/mol. The monoisotopic (exact) mass is 479 g/mol. The lowest BCUT2D eigenvalue weighted by Gasteiger charge is -2.17. The first-order chi connectivity index (χ1) is 16.4. The zero-order valence-corrected chi connectivity index (χ0v) is 19.4. The zero-order valence-electron chi connectivity index (χ0n) is 18.6. The molecule has 0 bridgehead atoms. The van der Waals surface area contributed by atoms with Crippen LogP contribution in [0.4, 0.5) is 4.79 Å². The number of fused-ring (bicyclic) bond motifs is 3. The van der Waals surface area contributed by atoms with Crippen molar-refractivity contribution in [2.75, 3.05) is 13.2 Å². The van der Waals surface area contributed by atoms with Gasteiger partial charge in [0.2, 0.25) is 5.91 Å². The molecule has 2 amide bonds. The first-order valence-electron chi connectivity index (χ1n) is 11.0. The minimum Gasteiger partial charge on any atom is -0.476 e. The van der Waals surface area contributed by atoms with Crippen LogP contribution in [-0.2, 0) is 16.0 Å². The van der Waals surface area contributed by atoms with Crippen LogP contribution in [0.25, 0.3) is 11.1 Å². The highest BCUT2D eigenvalue weighted by Crippen LogP contribution is 2.44. The minimum atomic E-state index is -1.07. The number of carbonyl (C=O) groups is 3. The van der Waals surface area contributed by atoms with Gasteiger partial charge in [0.05, 0.1) is 5.01 Å². The Balaban J connectivity index is 1.21. The van der Waals surface area contributed by atoms with Crippen molar-refractivity contribution in [3.05, 3.63) is 75.7 Å². The van der Waals surface area contributed by atoms with Gasteiger partial charge in [-0.3, -0.25) is 4.79 Å². The van der Waals surface area contributed by atoms with Gasteiger partial charge in [-0.05, 0) is 29.2 Å². The maximum Gasteiger partial charge on any atom is 0.407 e. The van der Waals surface area contributed by atoms with E-state index in [1.807, 2.05) is 24.3 Å². The van der Waals surface area contributed by atoms with E-state index in [0.29, 0.717) is 18.0 Å². The number of ether oxygens (including phenoxy) is 1. The van der Waals surface area contributed by atoms with Gasteiger partial charge >= 0.3 is 12.1 Å². The summed E-state index contributed by atoms with van der Waals surface area (Å²) in [4.78, 5) is 39.4. The van der Waals surface area contributed by atoms with Crippen LogP contribution >= 0.6 is 11.3 Å². The van der Waals surface area contributed by atoms with Crippen LogP contribution in [0, 0.1) is 0 Å². The third kappa shape index (κ3) is 5.43. The molecule has 34 heavy (non-hydrogen) atoms. The van der Waals surface area contributed by atoms with E-state index in [4.69, 9.17) is 9.84 Å². The zero-order chi connectivity index (χ0) is 24.1. The molecule has 1 aliphatic rings. The summed E-state index contributed by atoms with van der Waals surface area (Å²) in [6.45, 7) is 2.29. The van der Waals surface area contributed by atoms with Gasteiger partial charge < -0.3 is 20.5 Å². The van der Waals surface area contributed by atoms with Crippen LogP contribution in [0.3, 0.4) is 0 Å². The van der Waals surface area contributed by atoms with E-state index in [9.17, 15) is 14.4 Å². The van der Waals surface area contributed by atoms with Crippen molar-refractivity contribution in [3.63, 3.8) is 0 Å². The molecule has 0 spiro atoms. The lowest BCUT2D eigenvalue weighted by molar-refractivity contribution is -0.121. The quantitative estimate of drug-likeness (QED) is 0.430. The van der Waals surface area contributed by atoms with Crippen molar-refractivity contribution in [1.82, 2.24) is 15.6 Å². The van der Waals surface area contributed by atoms with Crippen LogP contribution in [-0.4, -0.2) is 47.3 Å². The molecule has 0 fully saturated rings. The lowest BCUT2D eigenvalue weighted by Crippen LogP contribution is -2.38. The Hall–Kier alpha value is -3.72. The number of benzene rings is 2. The Morgan fingerprint density at radius 3 is 2.35 bits per heavy atom. The number of hydrogen-bond acceptors (Lipinski definition) is 6. The van der Waals surface area contributed by atoms with Crippen LogP contribution in [0.15, 0.2) is 53.9 Å². The molecule has 0 aliphatic heterocycles. The lowest BCUT2D eigenvalue weighted by atomic mass is 9.98. The highest BCUT2D eigenvalue weighted by Gasteiger charge is 2.29. The molecule has 1 aromatic heterocycles. The van der Waals surface area contributed by atoms with Crippen LogP contribution < -0.4 is 10.6 Å². The second kappa shape index (κ2) is 10.5. The molecule has 0 saturated carbocycles. The largest absolute Gasteiger partial charge is 0.476 e. The number of amides is 2. The molecule has 0 radical (unpaired) electrons. The van der Waals surface area contributed by atoms with E-state index < -0.39 is 18.1 Å². The van der Waals surface area contributed by atoms with E-state index in [2.05, 4.69) is 39.9 Å². The molecule has 1 aliphatic carbocycles. The molecule has 0 unspecified atom stereocenters. The first kappa shape index (κ1) is 23.4. The van der Waals surface area contributed by atoms with Crippen molar-refractivity contribution in [1.29, 1.82) is 0 Å². The summed E-state index contributed by atoms with van der Waals surface area (Å²) in [7, 11) is 0. The minimum absolute atomic E-state index is 0.00670. The van der Waals surface area contributed by atoms with E-state index in [0.717, 1.165) is 22.3 Å². The number of carbonyl (C=O) groups excluding carboxylic acids is 2. The van der Waals surface area contributed by atoms with Crippen LogP contribution in [0.2, 0.25) is 0 Å². The van der Waals surface area contributed by atoms with Gasteiger partial charge in [0.15, 0.2) is 5.69 Å². The number of hydrogen-bond donors (Lipinski definition) is 3. The number of aromatic carboxylic acids is 1. The number of nitrogens with one attached hydrogen (secondary N) is 2. The number of rotatable bonds is 9. The fourth-order valence-electron chi connectivity index (χ4n) is 4.08. The molecule has 9 heteroatoms. The fourth-order valence-corrected chi connectivity index (χ4v) is 4.85. The molecular formula is C25H25N3O5S. The van der Waals surface area contributed by atoms with Gasteiger partial charge in [0, 0.05) is 36.7 Å². The summed E-state index contributed by atoms with van der Waals surface area (Å²) >= 11 is 1.24. The van der Waals surface area contributed by atoms with Crippen molar-refractivity contribution in [2.45, 2.75) is 31.7 Å². The summed E-state index contributed by atoms with van der Waals surface area (Å²) in [6.07, 6.45) is -0.0218. The third-order valence-electron chi connectivity index (χ3n) is 5.63. The number of aromatic nitrogens is 1. The van der Waals surface area contributed by atoms with Gasteiger partial charge in [0.1, 0.15) is 6.61 Å². The maximum absolute atomic E-state index is 12.4. The van der Waals surface area contributed by atoms with Gasteiger partial charge in [-0.15, -0.1) is 11.3 Å². The van der Waals surface area contributed by atoms with Gasteiger partial charge in [-0.1, -0.05) is 48.5 Å². The summed E-state index contributed by atoms with van der Waals surface area (Å²) in [5.74, 6) is -1.31. The Kier molecular flexibility index (Phi) is 7.22. The summed E-state index contributed by atoms with van der Waals surface area (Å²) < 4.78 is 5.52. The van der Waals surface area contributed by atoms with Crippen molar-refractivity contribution >= 4 is 29.3 Å². The van der Waals surface area contributed by atoms with Crippen molar-refractivity contribution in [2.24, 2.45) is 0 Å². The number of carboxylic acids is 1. The average molecular weight is 480 g/mol. The number of thiazole rings is 1. The Bertz CT molecular complexity index is 1160. The van der Waals surface area contributed by atoms with E-state index in [-0.39, 0.29) is 30.5 Å². The summed E-state index contributed by atoms with van der Waals surface area (Å²) in [5.41, 5.74) is 4.61. The smallest absolute Gasteiger partial charge is 0.407 e. The molecule has 1 atom stereocenters. The van der Waals surface area contributed by atoms with Gasteiger partial charge in [-0.25, -0.2) is 14.6 Å².